The van der Waals surface area contributed by atoms with Gasteiger partial charge >= 0.3 is 0 Å². The monoisotopic (exact) mass is 299 g/mol. The van der Waals surface area contributed by atoms with Crippen molar-refractivity contribution >= 4 is 21.6 Å². The predicted octanol–water partition coefficient (Wildman–Crippen LogP) is 0.594. The van der Waals surface area contributed by atoms with E-state index in [1.165, 1.54) is 11.9 Å². The third-order valence-corrected chi connectivity index (χ3v) is 5.14. The van der Waals surface area contributed by atoms with Crippen molar-refractivity contribution in [3.63, 3.8) is 0 Å². The molecule has 1 aromatic carbocycles. The van der Waals surface area contributed by atoms with Gasteiger partial charge in [0.05, 0.1) is 12.2 Å². The topological polar surface area (TPSA) is 83.7 Å². The number of nitrogens with two attached hydrogens (primary N) is 1. The lowest BCUT2D eigenvalue weighted by Crippen LogP contribution is -2.38. The van der Waals surface area contributed by atoms with Crippen LogP contribution >= 0.6 is 0 Å². The molecule has 2 N–H and O–H groups in total. The highest BCUT2D eigenvalue weighted by Gasteiger charge is 2.27. The maximum Gasteiger partial charge on any atom is 0.245 e. The maximum atomic E-state index is 12.6. The molecule has 0 saturated carbocycles. The van der Waals surface area contributed by atoms with Crippen molar-refractivity contribution in [2.45, 2.75) is 18.7 Å². The second kappa shape index (κ2) is 5.80. The number of anilines is 1. The molecule has 7 heteroatoms. The van der Waals surface area contributed by atoms with Gasteiger partial charge in [-0.15, -0.1) is 0 Å². The van der Waals surface area contributed by atoms with Crippen LogP contribution in [-0.4, -0.2) is 51.2 Å². The molecule has 0 fully saturated rings. The van der Waals surface area contributed by atoms with Crippen molar-refractivity contribution in [2.24, 2.45) is 0 Å². The van der Waals surface area contributed by atoms with E-state index in [2.05, 4.69) is 0 Å². The van der Waals surface area contributed by atoms with Crippen molar-refractivity contribution in [2.75, 3.05) is 33.4 Å². The van der Waals surface area contributed by atoms with Gasteiger partial charge in [0.1, 0.15) is 4.90 Å². The standard InChI is InChI=1S/C13H21N3O3S/c1-9-6-7-10(2)13(12(9)14)20(18,19)16(5)8-11(17)15(3)4/h6-7H,8,14H2,1-5H3. The molecule has 0 radical (unpaired) electrons. The lowest BCUT2D eigenvalue weighted by atomic mass is 10.1. The van der Waals surface area contributed by atoms with E-state index in [1.807, 2.05) is 0 Å². The number of aryl methyl sites for hydroxylation is 2. The molecule has 0 spiro atoms. The van der Waals surface area contributed by atoms with Gasteiger partial charge in [-0.1, -0.05) is 12.1 Å². The number of nitrogens with zero attached hydrogens (tertiary/aromatic N) is 2. The number of amides is 1. The summed E-state index contributed by atoms with van der Waals surface area (Å²) in [6, 6.07) is 3.48. The zero-order chi connectivity index (χ0) is 15.7. The number of hydrogen-bond donors (Lipinski definition) is 1. The van der Waals surface area contributed by atoms with Gasteiger partial charge in [-0.3, -0.25) is 4.79 Å². The number of nitrogen functional groups attached to an aromatic ring is 1. The largest absolute Gasteiger partial charge is 0.397 e. The van der Waals surface area contributed by atoms with Crippen molar-refractivity contribution in [1.29, 1.82) is 0 Å². The zero-order valence-corrected chi connectivity index (χ0v) is 13.3. The van der Waals surface area contributed by atoms with Crippen molar-refractivity contribution in [3.05, 3.63) is 23.3 Å². The maximum absolute atomic E-state index is 12.6. The SMILES string of the molecule is Cc1ccc(C)c(S(=O)(=O)N(C)CC(=O)N(C)C)c1N. The Hall–Kier alpha value is -1.60. The van der Waals surface area contributed by atoms with Crippen LogP contribution in [0.25, 0.3) is 0 Å². The Labute approximate surface area is 120 Å². The fraction of sp³-hybridized carbons (Fsp3) is 0.462. The molecule has 1 rings (SSSR count). The van der Waals surface area contributed by atoms with Gasteiger partial charge in [-0.25, -0.2) is 8.42 Å². The number of hydrogen-bond acceptors (Lipinski definition) is 4. The van der Waals surface area contributed by atoms with Crippen LogP contribution in [0.15, 0.2) is 17.0 Å². The van der Waals surface area contributed by atoms with Crippen molar-refractivity contribution in [1.82, 2.24) is 9.21 Å². The van der Waals surface area contributed by atoms with Crippen LogP contribution < -0.4 is 5.73 Å². The van der Waals surface area contributed by atoms with E-state index in [9.17, 15) is 13.2 Å². The molecule has 0 bridgehead atoms. The fourth-order valence-corrected chi connectivity index (χ4v) is 3.23. The van der Waals surface area contributed by atoms with Crippen LogP contribution in [0.5, 0.6) is 0 Å². The lowest BCUT2D eigenvalue weighted by molar-refractivity contribution is -0.128. The average Bonchev–Trinajstić information content (AvgIpc) is 2.33. The van der Waals surface area contributed by atoms with Crippen LogP contribution in [0.4, 0.5) is 5.69 Å². The molecule has 0 aliphatic carbocycles. The summed E-state index contributed by atoms with van der Waals surface area (Å²) in [5, 5.41) is 0. The van der Waals surface area contributed by atoms with E-state index >= 15 is 0 Å². The molecule has 0 unspecified atom stereocenters. The Morgan fingerprint density at radius 3 is 2.15 bits per heavy atom. The van der Waals surface area contributed by atoms with Crippen LogP contribution in [0.3, 0.4) is 0 Å². The Balaban J connectivity index is 3.24. The number of benzene rings is 1. The first-order valence-electron chi connectivity index (χ1n) is 6.11. The Morgan fingerprint density at radius 2 is 1.65 bits per heavy atom. The summed E-state index contributed by atoms with van der Waals surface area (Å²) in [7, 11) is 0.739. The first kappa shape index (κ1) is 16.5. The third-order valence-electron chi connectivity index (χ3n) is 3.14. The van der Waals surface area contributed by atoms with E-state index in [1.54, 1.807) is 40.1 Å². The molecule has 6 nitrogen and oxygen atoms in total. The van der Waals surface area contributed by atoms with Crippen LogP contribution in [0.2, 0.25) is 0 Å². The summed E-state index contributed by atoms with van der Waals surface area (Å²) in [5.74, 6) is -0.292. The minimum absolute atomic E-state index is 0.0755. The minimum atomic E-state index is -3.79. The molecular weight excluding hydrogens is 278 g/mol. The summed E-state index contributed by atoms with van der Waals surface area (Å²) in [6.45, 7) is 3.21. The molecule has 0 aliphatic rings. The van der Waals surface area contributed by atoms with Crippen LogP contribution in [0.1, 0.15) is 11.1 Å². The van der Waals surface area contributed by atoms with E-state index < -0.39 is 10.0 Å². The summed E-state index contributed by atoms with van der Waals surface area (Å²) in [5.41, 5.74) is 7.39. The normalized spacial score (nSPS) is 11.7. The molecule has 0 aliphatic heterocycles. The highest BCUT2D eigenvalue weighted by Crippen LogP contribution is 2.28. The summed E-state index contributed by atoms with van der Waals surface area (Å²) in [4.78, 5) is 13.1. The molecule has 0 atom stereocenters. The van der Waals surface area contributed by atoms with E-state index in [-0.39, 0.29) is 23.0 Å². The second-order valence-corrected chi connectivity index (χ2v) is 6.97. The molecule has 0 heterocycles. The molecule has 0 saturated heterocycles. The average molecular weight is 299 g/mol. The predicted molar refractivity (Wildman–Crippen MR) is 78.8 cm³/mol. The first-order chi connectivity index (χ1) is 9.09. The summed E-state index contributed by atoms with van der Waals surface area (Å²) >= 11 is 0. The Kier molecular flexibility index (Phi) is 4.77. The van der Waals surface area contributed by atoms with Crippen molar-refractivity contribution < 1.29 is 13.2 Å². The number of likely N-dealkylation sites (N-methyl/N-ethyl adjacent to an activating group) is 2. The van der Waals surface area contributed by atoms with E-state index in [4.69, 9.17) is 5.73 Å². The zero-order valence-electron chi connectivity index (χ0n) is 12.5. The quantitative estimate of drug-likeness (QED) is 0.825. The minimum Gasteiger partial charge on any atom is -0.397 e. The van der Waals surface area contributed by atoms with Crippen molar-refractivity contribution in [3.8, 4) is 0 Å². The van der Waals surface area contributed by atoms with Gasteiger partial charge in [0, 0.05) is 21.1 Å². The Bertz CT molecular complexity index is 624. The van der Waals surface area contributed by atoms with Gasteiger partial charge < -0.3 is 10.6 Å². The molecule has 20 heavy (non-hydrogen) atoms. The Morgan fingerprint density at radius 1 is 1.15 bits per heavy atom. The first-order valence-corrected chi connectivity index (χ1v) is 7.55. The van der Waals surface area contributed by atoms with Crippen LogP contribution in [0, 0.1) is 13.8 Å². The summed E-state index contributed by atoms with van der Waals surface area (Å²) in [6.07, 6.45) is 0. The number of carbonyl (C=O) groups excluding carboxylic acids is 1. The lowest BCUT2D eigenvalue weighted by Gasteiger charge is -2.21. The summed E-state index contributed by atoms with van der Waals surface area (Å²) < 4.78 is 26.1. The molecular formula is C13H21N3O3S. The fourth-order valence-electron chi connectivity index (χ4n) is 1.72. The van der Waals surface area contributed by atoms with Gasteiger partial charge in [0.25, 0.3) is 0 Å². The molecule has 1 aromatic rings. The number of rotatable bonds is 4. The molecule has 0 aromatic heterocycles. The highest BCUT2D eigenvalue weighted by atomic mass is 32.2. The smallest absolute Gasteiger partial charge is 0.245 e. The van der Waals surface area contributed by atoms with Crippen LogP contribution in [-0.2, 0) is 14.8 Å². The van der Waals surface area contributed by atoms with Gasteiger partial charge in [0.15, 0.2) is 0 Å². The van der Waals surface area contributed by atoms with E-state index in [0.717, 1.165) is 4.31 Å². The third kappa shape index (κ3) is 3.10. The highest BCUT2D eigenvalue weighted by molar-refractivity contribution is 7.89. The second-order valence-electron chi connectivity index (χ2n) is 4.99. The molecule has 1 amide bonds. The number of sulfonamides is 1. The van der Waals surface area contributed by atoms with E-state index in [0.29, 0.717) is 11.1 Å². The van der Waals surface area contributed by atoms with Gasteiger partial charge in [0.2, 0.25) is 15.9 Å². The molecule has 112 valence electrons. The van der Waals surface area contributed by atoms with Gasteiger partial charge in [-0.05, 0) is 25.0 Å². The number of carbonyl (C=O) groups is 1. The van der Waals surface area contributed by atoms with Gasteiger partial charge in [-0.2, -0.15) is 4.31 Å².